The van der Waals surface area contributed by atoms with E-state index in [4.69, 9.17) is 23.2 Å². The fourth-order valence-corrected chi connectivity index (χ4v) is 4.30. The lowest BCUT2D eigenvalue weighted by atomic mass is 9.89. The molecule has 0 unspecified atom stereocenters. The molecule has 0 amide bonds. The molecule has 1 atom stereocenters. The third kappa shape index (κ3) is 3.31. The largest absolute Gasteiger partial charge is 0.506 e. The average Bonchev–Trinajstić information content (AvgIpc) is 2.99. The van der Waals surface area contributed by atoms with Gasteiger partial charge in [-0.2, -0.15) is 0 Å². The average molecular weight is 329 g/mol. The number of benzene rings is 1. The molecule has 5 heteroatoms. The molecule has 2 fully saturated rings. The van der Waals surface area contributed by atoms with Gasteiger partial charge >= 0.3 is 0 Å². The van der Waals surface area contributed by atoms with Crippen molar-refractivity contribution in [2.75, 3.05) is 26.2 Å². The van der Waals surface area contributed by atoms with Gasteiger partial charge in [-0.05, 0) is 30.9 Å². The van der Waals surface area contributed by atoms with Gasteiger partial charge in [-0.25, -0.2) is 0 Å². The lowest BCUT2D eigenvalue weighted by Crippen LogP contribution is -2.46. The van der Waals surface area contributed by atoms with Gasteiger partial charge in [-0.15, -0.1) is 0 Å². The van der Waals surface area contributed by atoms with Crippen molar-refractivity contribution in [3.63, 3.8) is 0 Å². The van der Waals surface area contributed by atoms with Crippen LogP contribution in [0.1, 0.15) is 37.3 Å². The predicted octanol–water partition coefficient (Wildman–Crippen LogP) is 3.84. The van der Waals surface area contributed by atoms with E-state index in [2.05, 4.69) is 10.2 Å². The number of hydrogen-bond donors (Lipinski definition) is 2. The summed E-state index contributed by atoms with van der Waals surface area (Å²) in [7, 11) is 0. The van der Waals surface area contributed by atoms with Crippen molar-refractivity contribution in [2.24, 2.45) is 5.92 Å². The molecule has 116 valence electrons. The zero-order valence-electron chi connectivity index (χ0n) is 12.1. The number of aromatic hydroxyl groups is 1. The molecule has 1 saturated heterocycles. The van der Waals surface area contributed by atoms with E-state index >= 15 is 0 Å². The Morgan fingerprint density at radius 1 is 1.14 bits per heavy atom. The molecular formula is C16H22Cl2N2O. The first-order valence-electron chi connectivity index (χ1n) is 7.79. The Balaban J connectivity index is 1.97. The van der Waals surface area contributed by atoms with Crippen LogP contribution < -0.4 is 5.32 Å². The number of halogens is 2. The molecule has 21 heavy (non-hydrogen) atoms. The maximum absolute atomic E-state index is 10.5. The maximum atomic E-state index is 10.5. The molecule has 0 bridgehead atoms. The SMILES string of the molecule is Oc1c(Cl)cc(Cl)cc1[C@H](C1CCCC1)N1CCNCC1. The second-order valence-corrected chi connectivity index (χ2v) is 6.94. The van der Waals surface area contributed by atoms with Crippen LogP contribution in [0, 0.1) is 5.92 Å². The molecule has 3 nitrogen and oxygen atoms in total. The molecule has 1 aliphatic heterocycles. The van der Waals surface area contributed by atoms with Crippen molar-refractivity contribution in [1.82, 2.24) is 10.2 Å². The highest BCUT2D eigenvalue weighted by Crippen LogP contribution is 2.45. The van der Waals surface area contributed by atoms with Gasteiger partial charge in [0.15, 0.2) is 0 Å². The molecule has 1 aromatic carbocycles. The van der Waals surface area contributed by atoms with Crippen molar-refractivity contribution in [3.8, 4) is 5.75 Å². The number of phenols is 1. The summed E-state index contributed by atoms with van der Waals surface area (Å²) >= 11 is 12.3. The Bertz CT molecular complexity index is 497. The van der Waals surface area contributed by atoms with Crippen LogP contribution in [0.15, 0.2) is 12.1 Å². The fraction of sp³-hybridized carbons (Fsp3) is 0.625. The van der Waals surface area contributed by atoms with E-state index in [0.29, 0.717) is 16.0 Å². The molecule has 3 rings (SSSR count). The van der Waals surface area contributed by atoms with Gasteiger partial charge < -0.3 is 10.4 Å². The van der Waals surface area contributed by atoms with Crippen molar-refractivity contribution in [3.05, 3.63) is 27.7 Å². The zero-order valence-corrected chi connectivity index (χ0v) is 13.6. The topological polar surface area (TPSA) is 35.5 Å². The minimum absolute atomic E-state index is 0.205. The van der Waals surface area contributed by atoms with Crippen LogP contribution in [0.2, 0.25) is 10.0 Å². The third-order valence-corrected chi connectivity index (χ3v) is 5.27. The number of phenolic OH excluding ortho intramolecular Hbond substituents is 1. The van der Waals surface area contributed by atoms with E-state index in [1.807, 2.05) is 6.07 Å². The molecule has 2 N–H and O–H groups in total. The summed E-state index contributed by atoms with van der Waals surface area (Å²) in [5, 5.41) is 14.8. The van der Waals surface area contributed by atoms with E-state index < -0.39 is 0 Å². The number of hydrogen-bond acceptors (Lipinski definition) is 3. The highest BCUT2D eigenvalue weighted by molar-refractivity contribution is 6.35. The molecule has 1 aliphatic carbocycles. The quantitative estimate of drug-likeness (QED) is 0.884. The predicted molar refractivity (Wildman–Crippen MR) is 87.3 cm³/mol. The Kier molecular flexibility index (Phi) is 4.95. The molecule has 0 aromatic heterocycles. The van der Waals surface area contributed by atoms with Crippen LogP contribution in [0.4, 0.5) is 0 Å². The van der Waals surface area contributed by atoms with Crippen LogP contribution in [0.3, 0.4) is 0 Å². The first kappa shape index (κ1) is 15.4. The molecule has 0 radical (unpaired) electrons. The van der Waals surface area contributed by atoms with Crippen LogP contribution in [-0.2, 0) is 0 Å². The van der Waals surface area contributed by atoms with Gasteiger partial charge in [-0.3, -0.25) is 4.90 Å². The van der Waals surface area contributed by atoms with Gasteiger partial charge in [0.2, 0.25) is 0 Å². The minimum Gasteiger partial charge on any atom is -0.506 e. The van der Waals surface area contributed by atoms with E-state index in [1.165, 1.54) is 25.7 Å². The van der Waals surface area contributed by atoms with E-state index in [0.717, 1.165) is 31.7 Å². The smallest absolute Gasteiger partial charge is 0.139 e. The van der Waals surface area contributed by atoms with Gasteiger partial charge in [0.1, 0.15) is 5.75 Å². The molecule has 1 saturated carbocycles. The lowest BCUT2D eigenvalue weighted by molar-refractivity contribution is 0.123. The second-order valence-electron chi connectivity index (χ2n) is 6.10. The molecule has 0 spiro atoms. The normalized spacial score (nSPS) is 22.6. The Hall–Kier alpha value is -0.480. The highest BCUT2D eigenvalue weighted by Gasteiger charge is 2.34. The molecule has 2 aliphatic rings. The summed E-state index contributed by atoms with van der Waals surface area (Å²) in [4.78, 5) is 2.48. The maximum Gasteiger partial charge on any atom is 0.139 e. The first-order chi connectivity index (χ1) is 10.2. The van der Waals surface area contributed by atoms with Crippen LogP contribution in [-0.4, -0.2) is 36.2 Å². The van der Waals surface area contributed by atoms with Crippen LogP contribution in [0.25, 0.3) is 0 Å². The highest BCUT2D eigenvalue weighted by atomic mass is 35.5. The lowest BCUT2D eigenvalue weighted by Gasteiger charge is -2.39. The van der Waals surface area contributed by atoms with Gasteiger partial charge in [0, 0.05) is 42.8 Å². The number of nitrogens with zero attached hydrogens (tertiary/aromatic N) is 1. The number of nitrogens with one attached hydrogen (secondary N) is 1. The van der Waals surface area contributed by atoms with E-state index in [1.54, 1.807) is 6.07 Å². The van der Waals surface area contributed by atoms with Crippen molar-refractivity contribution < 1.29 is 5.11 Å². The summed E-state index contributed by atoms with van der Waals surface area (Å²) < 4.78 is 0. The molecule has 1 aromatic rings. The summed E-state index contributed by atoms with van der Waals surface area (Å²) in [6.45, 7) is 4.01. The summed E-state index contributed by atoms with van der Waals surface area (Å²) in [6.07, 6.45) is 5.00. The number of piperazine rings is 1. The standard InChI is InChI=1S/C16H22Cl2N2O/c17-12-9-13(16(21)14(18)10-12)15(11-3-1-2-4-11)20-7-5-19-6-8-20/h9-11,15,19,21H,1-8H2/t15-/m0/s1. The number of rotatable bonds is 3. The van der Waals surface area contributed by atoms with Gasteiger partial charge in [0.25, 0.3) is 0 Å². The fourth-order valence-electron chi connectivity index (χ4n) is 3.79. The summed E-state index contributed by atoms with van der Waals surface area (Å²) in [6, 6.07) is 3.74. The van der Waals surface area contributed by atoms with Crippen molar-refractivity contribution in [2.45, 2.75) is 31.7 Å². The minimum atomic E-state index is 0.205. The summed E-state index contributed by atoms with van der Waals surface area (Å²) in [5.74, 6) is 0.792. The van der Waals surface area contributed by atoms with E-state index in [9.17, 15) is 5.11 Å². The van der Waals surface area contributed by atoms with Crippen LogP contribution in [0.5, 0.6) is 5.75 Å². The van der Waals surface area contributed by atoms with Gasteiger partial charge in [0.05, 0.1) is 5.02 Å². The molecule has 1 heterocycles. The third-order valence-electron chi connectivity index (χ3n) is 4.77. The second kappa shape index (κ2) is 6.74. The van der Waals surface area contributed by atoms with Gasteiger partial charge in [-0.1, -0.05) is 36.0 Å². The zero-order chi connectivity index (χ0) is 14.8. The van der Waals surface area contributed by atoms with Crippen molar-refractivity contribution in [1.29, 1.82) is 0 Å². The monoisotopic (exact) mass is 328 g/mol. The summed E-state index contributed by atoms with van der Waals surface area (Å²) in [5.41, 5.74) is 0.904. The van der Waals surface area contributed by atoms with E-state index in [-0.39, 0.29) is 11.8 Å². The molecular weight excluding hydrogens is 307 g/mol. The van der Waals surface area contributed by atoms with Crippen molar-refractivity contribution >= 4 is 23.2 Å². The van der Waals surface area contributed by atoms with Crippen LogP contribution >= 0.6 is 23.2 Å². The first-order valence-corrected chi connectivity index (χ1v) is 8.55. The Morgan fingerprint density at radius 2 is 1.81 bits per heavy atom. The Morgan fingerprint density at radius 3 is 2.48 bits per heavy atom. The Labute approximate surface area is 136 Å².